The van der Waals surface area contributed by atoms with Gasteiger partial charge < -0.3 is 15.2 Å². The first-order valence-electron chi connectivity index (χ1n) is 5.13. The summed E-state index contributed by atoms with van der Waals surface area (Å²) < 4.78 is 5.11. The number of carbonyl (C=O) groups is 1. The van der Waals surface area contributed by atoms with Crippen LogP contribution in [-0.2, 0) is 10.4 Å². The molecule has 1 aromatic carbocycles. The number of halogens is 1. The van der Waals surface area contributed by atoms with Crippen molar-refractivity contribution in [2.75, 3.05) is 12.4 Å². The summed E-state index contributed by atoms with van der Waals surface area (Å²) in [4.78, 5) is 11.1. The predicted octanol–water partition coefficient (Wildman–Crippen LogP) is 2.53. The minimum atomic E-state index is -1.09. The number of benzene rings is 1. The molecular formula is C12H16ClNO3. The Morgan fingerprint density at radius 3 is 2.47 bits per heavy atom. The lowest BCUT2D eigenvalue weighted by Gasteiger charge is -2.21. The fourth-order valence-electron chi connectivity index (χ4n) is 1.48. The van der Waals surface area contributed by atoms with Gasteiger partial charge in [-0.05, 0) is 19.9 Å². The highest BCUT2D eigenvalue weighted by Crippen LogP contribution is 2.36. The van der Waals surface area contributed by atoms with Gasteiger partial charge in [-0.25, -0.2) is 0 Å². The Labute approximate surface area is 106 Å². The second-order valence-corrected chi connectivity index (χ2v) is 4.68. The van der Waals surface area contributed by atoms with Gasteiger partial charge in [-0.1, -0.05) is 11.6 Å². The molecule has 0 bridgehead atoms. The Morgan fingerprint density at radius 1 is 1.47 bits per heavy atom. The number of amides is 1. The second-order valence-electron chi connectivity index (χ2n) is 4.27. The maximum Gasteiger partial charge on any atom is 0.221 e. The molecular weight excluding hydrogens is 242 g/mol. The van der Waals surface area contributed by atoms with Gasteiger partial charge in [0.1, 0.15) is 5.75 Å². The zero-order valence-electron chi connectivity index (χ0n) is 10.3. The van der Waals surface area contributed by atoms with E-state index >= 15 is 0 Å². The Morgan fingerprint density at radius 2 is 2.06 bits per heavy atom. The first-order chi connectivity index (χ1) is 7.75. The van der Waals surface area contributed by atoms with Crippen molar-refractivity contribution in [2.45, 2.75) is 26.4 Å². The monoisotopic (exact) mass is 257 g/mol. The van der Waals surface area contributed by atoms with Crippen molar-refractivity contribution in [3.63, 3.8) is 0 Å². The molecule has 0 fully saturated rings. The first-order valence-corrected chi connectivity index (χ1v) is 5.51. The second kappa shape index (κ2) is 4.94. The molecule has 0 spiro atoms. The van der Waals surface area contributed by atoms with Crippen molar-refractivity contribution >= 4 is 23.2 Å². The van der Waals surface area contributed by atoms with Crippen LogP contribution in [0.5, 0.6) is 5.75 Å². The number of hydrogen-bond donors (Lipinski definition) is 2. The molecule has 0 saturated carbocycles. The van der Waals surface area contributed by atoms with Gasteiger partial charge in [0.05, 0.1) is 23.4 Å². The van der Waals surface area contributed by atoms with Crippen molar-refractivity contribution in [1.29, 1.82) is 0 Å². The van der Waals surface area contributed by atoms with Gasteiger partial charge >= 0.3 is 0 Å². The van der Waals surface area contributed by atoms with Gasteiger partial charge in [-0.3, -0.25) is 4.79 Å². The quantitative estimate of drug-likeness (QED) is 0.875. The molecule has 0 unspecified atom stereocenters. The van der Waals surface area contributed by atoms with E-state index in [4.69, 9.17) is 16.3 Å². The first kappa shape index (κ1) is 13.8. The van der Waals surface area contributed by atoms with Crippen LogP contribution in [0.3, 0.4) is 0 Å². The number of rotatable bonds is 3. The molecule has 1 amide bonds. The smallest absolute Gasteiger partial charge is 0.221 e. The molecule has 0 saturated heterocycles. The van der Waals surface area contributed by atoms with Crippen molar-refractivity contribution < 1.29 is 14.6 Å². The van der Waals surface area contributed by atoms with Gasteiger partial charge in [0.2, 0.25) is 5.91 Å². The molecule has 4 nitrogen and oxygen atoms in total. The molecule has 0 aliphatic heterocycles. The average Bonchev–Trinajstić information content (AvgIpc) is 2.17. The van der Waals surface area contributed by atoms with Crippen molar-refractivity contribution in [3.8, 4) is 5.75 Å². The van der Waals surface area contributed by atoms with E-state index in [0.29, 0.717) is 22.0 Å². The van der Waals surface area contributed by atoms with Crippen LogP contribution in [0, 0.1) is 0 Å². The summed E-state index contributed by atoms with van der Waals surface area (Å²) >= 11 is 6.05. The van der Waals surface area contributed by atoms with Crippen LogP contribution < -0.4 is 10.1 Å². The molecule has 2 N–H and O–H groups in total. The van der Waals surface area contributed by atoms with Crippen LogP contribution >= 0.6 is 11.6 Å². The highest BCUT2D eigenvalue weighted by atomic mass is 35.5. The van der Waals surface area contributed by atoms with E-state index in [0.717, 1.165) is 0 Å². The van der Waals surface area contributed by atoms with E-state index in [1.165, 1.54) is 14.0 Å². The van der Waals surface area contributed by atoms with Crippen LogP contribution in [0.15, 0.2) is 12.1 Å². The predicted molar refractivity (Wildman–Crippen MR) is 67.6 cm³/mol. The number of hydrogen-bond acceptors (Lipinski definition) is 3. The van der Waals surface area contributed by atoms with Crippen LogP contribution in [0.1, 0.15) is 26.3 Å². The third kappa shape index (κ3) is 3.35. The summed E-state index contributed by atoms with van der Waals surface area (Å²) in [5, 5.41) is 13.0. The maximum absolute atomic E-state index is 11.1. The number of carbonyl (C=O) groups excluding carboxylic acids is 1. The van der Waals surface area contributed by atoms with Crippen molar-refractivity contribution in [1.82, 2.24) is 0 Å². The zero-order valence-corrected chi connectivity index (χ0v) is 11.1. The number of methoxy groups -OCH3 is 1. The maximum atomic E-state index is 11.1. The fraction of sp³-hybridized carbons (Fsp3) is 0.417. The molecule has 17 heavy (non-hydrogen) atoms. The third-order valence-corrected chi connectivity index (χ3v) is 2.57. The molecule has 0 radical (unpaired) electrons. The standard InChI is InChI=1S/C12H16ClNO3/c1-7(15)14-10-5-8(12(2,3)16)9(13)6-11(10)17-4/h5-6,16H,1-4H3,(H,14,15). The van der Waals surface area contributed by atoms with Gasteiger partial charge in [0.15, 0.2) is 0 Å². The number of aliphatic hydroxyl groups is 1. The Kier molecular flexibility index (Phi) is 4.01. The van der Waals surface area contributed by atoms with E-state index < -0.39 is 5.60 Å². The average molecular weight is 258 g/mol. The third-order valence-electron chi connectivity index (χ3n) is 2.26. The Balaban J connectivity index is 3.32. The molecule has 0 aliphatic carbocycles. The summed E-state index contributed by atoms with van der Waals surface area (Å²) in [7, 11) is 1.49. The Hall–Kier alpha value is -1.26. The summed E-state index contributed by atoms with van der Waals surface area (Å²) in [5.41, 5.74) is -0.0680. The minimum absolute atomic E-state index is 0.215. The number of ether oxygens (including phenoxy) is 1. The molecule has 1 rings (SSSR count). The van der Waals surface area contributed by atoms with Gasteiger partial charge in [0, 0.05) is 18.6 Å². The Bertz CT molecular complexity index is 438. The molecule has 0 atom stereocenters. The highest BCUT2D eigenvalue weighted by Gasteiger charge is 2.22. The molecule has 0 aliphatic rings. The lowest BCUT2D eigenvalue weighted by molar-refractivity contribution is -0.114. The lowest BCUT2D eigenvalue weighted by atomic mass is 9.97. The van der Waals surface area contributed by atoms with Gasteiger partial charge in [-0.2, -0.15) is 0 Å². The fourth-order valence-corrected chi connectivity index (χ4v) is 1.86. The summed E-state index contributed by atoms with van der Waals surface area (Å²) in [5.74, 6) is 0.241. The molecule has 1 aromatic rings. The lowest BCUT2D eigenvalue weighted by Crippen LogP contribution is -2.17. The highest BCUT2D eigenvalue weighted by molar-refractivity contribution is 6.31. The number of anilines is 1. The molecule has 0 heterocycles. The molecule has 5 heteroatoms. The zero-order chi connectivity index (χ0) is 13.2. The largest absolute Gasteiger partial charge is 0.495 e. The topological polar surface area (TPSA) is 58.6 Å². The van der Waals surface area contributed by atoms with Crippen LogP contribution in [0.4, 0.5) is 5.69 Å². The normalized spacial score (nSPS) is 11.2. The van der Waals surface area contributed by atoms with Crippen LogP contribution in [-0.4, -0.2) is 18.1 Å². The minimum Gasteiger partial charge on any atom is -0.495 e. The SMILES string of the molecule is COc1cc(Cl)c(C(C)(C)O)cc1NC(C)=O. The van der Waals surface area contributed by atoms with E-state index in [1.807, 2.05) is 0 Å². The van der Waals surface area contributed by atoms with Crippen molar-refractivity contribution in [2.24, 2.45) is 0 Å². The summed E-state index contributed by atoms with van der Waals surface area (Å²) in [6.07, 6.45) is 0. The molecule has 0 aromatic heterocycles. The van der Waals surface area contributed by atoms with Crippen LogP contribution in [0.25, 0.3) is 0 Å². The van der Waals surface area contributed by atoms with E-state index in [1.54, 1.807) is 26.0 Å². The number of nitrogens with one attached hydrogen (secondary N) is 1. The van der Waals surface area contributed by atoms with E-state index in [9.17, 15) is 9.90 Å². The van der Waals surface area contributed by atoms with Crippen LogP contribution in [0.2, 0.25) is 5.02 Å². The van der Waals surface area contributed by atoms with E-state index in [2.05, 4.69) is 5.32 Å². The molecule has 94 valence electrons. The van der Waals surface area contributed by atoms with E-state index in [-0.39, 0.29) is 5.91 Å². The van der Waals surface area contributed by atoms with Gasteiger partial charge in [0.25, 0.3) is 0 Å². The van der Waals surface area contributed by atoms with Gasteiger partial charge in [-0.15, -0.1) is 0 Å². The van der Waals surface area contributed by atoms with Crippen molar-refractivity contribution in [3.05, 3.63) is 22.7 Å². The summed E-state index contributed by atoms with van der Waals surface area (Å²) in [6, 6.07) is 3.18. The summed E-state index contributed by atoms with van der Waals surface area (Å²) in [6.45, 7) is 4.65.